The van der Waals surface area contributed by atoms with Gasteiger partial charge in [-0.2, -0.15) is 18.3 Å². The molecule has 158 valence electrons. The summed E-state index contributed by atoms with van der Waals surface area (Å²) in [5.41, 5.74) is 1.60. The maximum Gasteiger partial charge on any atom is 0.416 e. The maximum atomic E-state index is 12.8. The molecule has 1 N–H and O–H groups in total. The van der Waals surface area contributed by atoms with Gasteiger partial charge < -0.3 is 4.90 Å². The largest absolute Gasteiger partial charge is 0.416 e. The average molecular weight is 408 g/mol. The molecule has 0 atom stereocenters. The van der Waals surface area contributed by atoms with E-state index in [2.05, 4.69) is 28.9 Å². The molecule has 2 aromatic rings. The lowest BCUT2D eigenvalue weighted by Gasteiger charge is -2.21. The second-order valence-corrected chi connectivity index (χ2v) is 7.99. The zero-order valence-corrected chi connectivity index (χ0v) is 16.8. The zero-order valence-electron chi connectivity index (χ0n) is 16.8. The molecule has 5 nitrogen and oxygen atoms in total. The van der Waals surface area contributed by atoms with Crippen molar-refractivity contribution in [1.29, 1.82) is 0 Å². The van der Waals surface area contributed by atoms with Crippen molar-refractivity contribution in [2.24, 2.45) is 5.92 Å². The molecule has 0 radical (unpaired) electrons. The Hall–Kier alpha value is -2.35. The molecule has 1 saturated heterocycles. The normalized spacial score (nSPS) is 16.3. The minimum Gasteiger partial charge on any atom is -0.336 e. The quantitative estimate of drug-likeness (QED) is 0.814. The molecule has 1 aliphatic rings. The topological polar surface area (TPSA) is 52.2 Å². The highest BCUT2D eigenvalue weighted by Crippen LogP contribution is 2.29. The van der Waals surface area contributed by atoms with Crippen LogP contribution in [-0.2, 0) is 19.1 Å². The van der Waals surface area contributed by atoms with Gasteiger partial charge in [0.15, 0.2) is 0 Å². The third kappa shape index (κ3) is 5.82. The molecular formula is C21H27F3N4O. The second-order valence-electron chi connectivity index (χ2n) is 7.99. The number of aromatic amines is 1. The number of alkyl halides is 3. The summed E-state index contributed by atoms with van der Waals surface area (Å²) in [5, 5.41) is 7.11. The Morgan fingerprint density at radius 3 is 2.52 bits per heavy atom. The number of benzene rings is 1. The summed E-state index contributed by atoms with van der Waals surface area (Å²) in [6, 6.07) is 7.12. The van der Waals surface area contributed by atoms with Crippen LogP contribution in [0, 0.1) is 5.92 Å². The first-order chi connectivity index (χ1) is 13.7. The summed E-state index contributed by atoms with van der Waals surface area (Å²) >= 11 is 0. The van der Waals surface area contributed by atoms with Crippen LogP contribution in [0.5, 0.6) is 0 Å². The first-order valence-corrected chi connectivity index (χ1v) is 9.94. The van der Waals surface area contributed by atoms with E-state index in [4.69, 9.17) is 0 Å². The van der Waals surface area contributed by atoms with Crippen LogP contribution in [0.25, 0.3) is 0 Å². The summed E-state index contributed by atoms with van der Waals surface area (Å²) < 4.78 is 38.1. The van der Waals surface area contributed by atoms with Gasteiger partial charge in [0.2, 0.25) is 0 Å². The summed E-state index contributed by atoms with van der Waals surface area (Å²) in [6.07, 6.45) is -2.65. The summed E-state index contributed by atoms with van der Waals surface area (Å²) in [7, 11) is 0. The number of nitrogens with one attached hydrogen (secondary N) is 1. The van der Waals surface area contributed by atoms with Crippen molar-refractivity contribution in [3.05, 3.63) is 52.8 Å². The van der Waals surface area contributed by atoms with Gasteiger partial charge >= 0.3 is 6.18 Å². The molecule has 1 aromatic carbocycles. The first-order valence-electron chi connectivity index (χ1n) is 9.94. The Balaban J connectivity index is 1.56. The lowest BCUT2D eigenvalue weighted by atomic mass is 10.1. The van der Waals surface area contributed by atoms with E-state index in [-0.39, 0.29) is 5.91 Å². The van der Waals surface area contributed by atoms with Crippen molar-refractivity contribution in [3.63, 3.8) is 0 Å². The number of hydrogen-bond donors (Lipinski definition) is 1. The number of H-pyrrole nitrogens is 1. The zero-order chi connectivity index (χ0) is 21.0. The lowest BCUT2D eigenvalue weighted by Crippen LogP contribution is -2.35. The molecule has 3 rings (SSSR count). The fraction of sp³-hybridized carbons (Fsp3) is 0.524. The van der Waals surface area contributed by atoms with Crippen LogP contribution in [0.1, 0.15) is 47.6 Å². The van der Waals surface area contributed by atoms with E-state index in [1.807, 2.05) is 11.0 Å². The number of carbonyl (C=O) groups is 1. The third-order valence-corrected chi connectivity index (χ3v) is 5.04. The average Bonchev–Trinajstić information content (AvgIpc) is 2.98. The molecular weight excluding hydrogens is 381 g/mol. The van der Waals surface area contributed by atoms with Crippen LogP contribution in [0.2, 0.25) is 0 Å². The predicted octanol–water partition coefficient (Wildman–Crippen LogP) is 3.98. The molecule has 0 bridgehead atoms. The molecule has 1 amide bonds. The summed E-state index contributed by atoms with van der Waals surface area (Å²) in [6.45, 7) is 7.49. The first kappa shape index (κ1) is 21.4. The molecule has 8 heteroatoms. The van der Waals surface area contributed by atoms with Gasteiger partial charge in [-0.15, -0.1) is 0 Å². The number of carbonyl (C=O) groups excluding carboxylic acids is 1. The lowest BCUT2D eigenvalue weighted by molar-refractivity contribution is -0.137. The fourth-order valence-corrected chi connectivity index (χ4v) is 3.57. The van der Waals surface area contributed by atoms with Crippen molar-refractivity contribution in [3.8, 4) is 0 Å². The van der Waals surface area contributed by atoms with E-state index < -0.39 is 11.7 Å². The maximum absolute atomic E-state index is 12.8. The smallest absolute Gasteiger partial charge is 0.336 e. The molecule has 1 aromatic heterocycles. The highest BCUT2D eigenvalue weighted by molar-refractivity contribution is 5.92. The number of nitrogens with zero attached hydrogens (tertiary/aromatic N) is 3. The standard InChI is InChI=1S/C21H27F3N4O/c1-15(2)12-18-13-19(26-25-18)20(29)28-9-3-8-27(10-11-28)14-16-4-6-17(7-5-16)21(22,23)24/h4-7,13,15H,3,8-12,14H2,1-2H3,(H,25,26). The van der Waals surface area contributed by atoms with Crippen LogP contribution < -0.4 is 0 Å². The highest BCUT2D eigenvalue weighted by atomic mass is 19.4. The van der Waals surface area contributed by atoms with Crippen molar-refractivity contribution in [2.75, 3.05) is 26.2 Å². The minimum atomic E-state index is -4.32. The van der Waals surface area contributed by atoms with E-state index in [0.717, 1.165) is 42.8 Å². The highest BCUT2D eigenvalue weighted by Gasteiger charge is 2.30. The van der Waals surface area contributed by atoms with Crippen LogP contribution in [0.4, 0.5) is 13.2 Å². The molecule has 0 aliphatic carbocycles. The molecule has 1 aliphatic heterocycles. The van der Waals surface area contributed by atoms with E-state index in [1.165, 1.54) is 12.1 Å². The minimum absolute atomic E-state index is 0.0763. The molecule has 0 unspecified atom stereocenters. The SMILES string of the molecule is CC(C)Cc1cc(C(=O)N2CCCN(Cc3ccc(C(F)(F)F)cc3)CC2)n[nH]1. The molecule has 1 fully saturated rings. The monoisotopic (exact) mass is 408 g/mol. The van der Waals surface area contributed by atoms with Gasteiger partial charge in [-0.05, 0) is 42.5 Å². The van der Waals surface area contributed by atoms with Gasteiger partial charge in [0, 0.05) is 38.4 Å². The molecule has 29 heavy (non-hydrogen) atoms. The number of hydrogen-bond acceptors (Lipinski definition) is 3. The predicted molar refractivity (Wildman–Crippen MR) is 104 cm³/mol. The number of rotatable bonds is 5. The Morgan fingerprint density at radius 1 is 1.14 bits per heavy atom. The second kappa shape index (κ2) is 8.98. The van der Waals surface area contributed by atoms with Crippen molar-refractivity contribution < 1.29 is 18.0 Å². The van der Waals surface area contributed by atoms with Crippen LogP contribution in [-0.4, -0.2) is 52.1 Å². The van der Waals surface area contributed by atoms with Crippen molar-refractivity contribution >= 4 is 5.91 Å². The van der Waals surface area contributed by atoms with E-state index in [0.29, 0.717) is 37.8 Å². The van der Waals surface area contributed by atoms with Gasteiger partial charge in [0.25, 0.3) is 5.91 Å². The molecule has 0 saturated carbocycles. The third-order valence-electron chi connectivity index (χ3n) is 5.04. The number of amides is 1. The molecule has 2 heterocycles. The van der Waals surface area contributed by atoms with Gasteiger partial charge in [-0.1, -0.05) is 26.0 Å². The van der Waals surface area contributed by atoms with Gasteiger partial charge in [0.1, 0.15) is 5.69 Å². The Morgan fingerprint density at radius 2 is 1.86 bits per heavy atom. The van der Waals surface area contributed by atoms with Gasteiger partial charge in [-0.25, -0.2) is 0 Å². The van der Waals surface area contributed by atoms with Crippen LogP contribution in [0.15, 0.2) is 30.3 Å². The summed E-state index contributed by atoms with van der Waals surface area (Å²) in [4.78, 5) is 16.7. The van der Waals surface area contributed by atoms with Crippen molar-refractivity contribution in [2.45, 2.75) is 39.4 Å². The Labute approximate surface area is 168 Å². The molecule has 0 spiro atoms. The van der Waals surface area contributed by atoms with E-state index in [9.17, 15) is 18.0 Å². The van der Waals surface area contributed by atoms with Crippen LogP contribution >= 0.6 is 0 Å². The summed E-state index contributed by atoms with van der Waals surface area (Å²) in [5.74, 6) is 0.406. The fourth-order valence-electron chi connectivity index (χ4n) is 3.57. The van der Waals surface area contributed by atoms with Crippen molar-refractivity contribution in [1.82, 2.24) is 20.0 Å². The number of aromatic nitrogens is 2. The Bertz CT molecular complexity index is 814. The van der Waals surface area contributed by atoms with E-state index >= 15 is 0 Å². The van der Waals surface area contributed by atoms with Gasteiger partial charge in [-0.3, -0.25) is 14.8 Å². The number of halogens is 3. The van der Waals surface area contributed by atoms with Crippen LogP contribution in [0.3, 0.4) is 0 Å². The van der Waals surface area contributed by atoms with Gasteiger partial charge in [0.05, 0.1) is 5.56 Å². The van der Waals surface area contributed by atoms with E-state index in [1.54, 1.807) is 0 Å². The Kier molecular flexibility index (Phi) is 6.62.